The summed E-state index contributed by atoms with van der Waals surface area (Å²) in [4.78, 5) is 11.9. The zero-order valence-electron chi connectivity index (χ0n) is 14.4. The van der Waals surface area contributed by atoms with E-state index in [0.29, 0.717) is 28.0 Å². The number of esters is 1. The van der Waals surface area contributed by atoms with Crippen LogP contribution in [0.15, 0.2) is 43.0 Å². The molecule has 0 N–H and O–H groups in total. The van der Waals surface area contributed by atoms with Gasteiger partial charge in [0.1, 0.15) is 5.75 Å². The number of ether oxygens (including phenoxy) is 2. The van der Waals surface area contributed by atoms with Gasteiger partial charge < -0.3 is 9.47 Å². The maximum Gasteiger partial charge on any atom is 0.349 e. The van der Waals surface area contributed by atoms with Gasteiger partial charge in [-0.2, -0.15) is 0 Å². The van der Waals surface area contributed by atoms with E-state index in [1.54, 1.807) is 39.0 Å². The molecule has 0 spiro atoms. The summed E-state index contributed by atoms with van der Waals surface area (Å²) in [5.41, 5.74) is 1.47. The van der Waals surface area contributed by atoms with E-state index in [-0.39, 0.29) is 0 Å². The summed E-state index contributed by atoms with van der Waals surface area (Å²) in [5.74, 6) is 0.166. The van der Waals surface area contributed by atoms with Crippen molar-refractivity contribution in [1.82, 2.24) is 0 Å². The predicted octanol–water partition coefficient (Wildman–Crippen LogP) is 6.02. The number of benzene rings is 2. The van der Waals surface area contributed by atoms with Gasteiger partial charge in [-0.3, -0.25) is 0 Å². The molecule has 2 aromatic carbocycles. The fraction of sp³-hybridized carbons (Fsp3) is 0.250. The number of hydrogen-bond acceptors (Lipinski definition) is 3. The minimum atomic E-state index is -1.06. The molecule has 0 aromatic heterocycles. The molecule has 5 heteroatoms. The third-order valence-corrected chi connectivity index (χ3v) is 4.24. The van der Waals surface area contributed by atoms with Crippen LogP contribution in [-0.4, -0.2) is 18.2 Å². The lowest BCUT2D eigenvalue weighted by Gasteiger charge is -2.24. The van der Waals surface area contributed by atoms with Crippen molar-refractivity contribution >= 4 is 35.2 Å². The van der Waals surface area contributed by atoms with Crippen LogP contribution >= 0.6 is 23.2 Å². The Bertz CT molecular complexity index is 757. The maximum atomic E-state index is 11.9. The van der Waals surface area contributed by atoms with Crippen molar-refractivity contribution in [3.63, 3.8) is 0 Å². The molecular weight excluding hydrogens is 359 g/mol. The molecule has 0 aliphatic carbocycles. The topological polar surface area (TPSA) is 35.5 Å². The Hall–Kier alpha value is -1.97. The zero-order chi connectivity index (χ0) is 18.6. The van der Waals surface area contributed by atoms with Gasteiger partial charge >= 0.3 is 5.97 Å². The molecule has 0 bridgehead atoms. The fourth-order valence-electron chi connectivity index (χ4n) is 2.30. The van der Waals surface area contributed by atoms with Crippen molar-refractivity contribution in [3.05, 3.63) is 58.6 Å². The molecular formula is C20H20Cl2O3. The van der Waals surface area contributed by atoms with Crippen molar-refractivity contribution < 1.29 is 14.3 Å². The Labute approximate surface area is 158 Å². The molecule has 0 aliphatic heterocycles. The number of rotatable bonds is 6. The number of halogens is 2. The van der Waals surface area contributed by atoms with Crippen molar-refractivity contribution in [2.75, 3.05) is 6.61 Å². The summed E-state index contributed by atoms with van der Waals surface area (Å²) in [5, 5.41) is 1.09. The molecule has 25 heavy (non-hydrogen) atoms. The van der Waals surface area contributed by atoms with Crippen LogP contribution in [0.5, 0.6) is 5.75 Å². The second kappa shape index (κ2) is 7.94. The van der Waals surface area contributed by atoms with Crippen LogP contribution in [0.25, 0.3) is 17.2 Å². The van der Waals surface area contributed by atoms with Crippen LogP contribution in [-0.2, 0) is 9.53 Å². The van der Waals surface area contributed by atoms with Crippen molar-refractivity contribution in [2.45, 2.75) is 26.4 Å². The quantitative estimate of drug-likeness (QED) is 0.576. The number of hydrogen-bond donors (Lipinski definition) is 0. The van der Waals surface area contributed by atoms with Crippen LogP contribution in [0.3, 0.4) is 0 Å². The molecule has 132 valence electrons. The largest absolute Gasteiger partial charge is 0.476 e. The summed E-state index contributed by atoms with van der Waals surface area (Å²) in [6.45, 7) is 9.12. The first-order chi connectivity index (χ1) is 11.8. The fourth-order valence-corrected chi connectivity index (χ4v) is 2.94. The van der Waals surface area contributed by atoms with E-state index in [2.05, 4.69) is 6.58 Å². The molecule has 0 unspecified atom stereocenters. The smallest absolute Gasteiger partial charge is 0.349 e. The molecule has 0 radical (unpaired) electrons. The minimum absolute atomic E-state index is 0.312. The second-order valence-electron chi connectivity index (χ2n) is 5.91. The van der Waals surface area contributed by atoms with E-state index in [0.717, 1.165) is 11.1 Å². The molecule has 3 nitrogen and oxygen atoms in total. The van der Waals surface area contributed by atoms with Crippen LogP contribution in [0.4, 0.5) is 0 Å². The zero-order valence-corrected chi connectivity index (χ0v) is 15.9. The molecule has 0 aliphatic rings. The Morgan fingerprint density at radius 3 is 2.16 bits per heavy atom. The van der Waals surface area contributed by atoms with Crippen molar-refractivity contribution in [3.8, 4) is 16.9 Å². The van der Waals surface area contributed by atoms with Gasteiger partial charge in [0.2, 0.25) is 0 Å². The van der Waals surface area contributed by atoms with E-state index < -0.39 is 11.6 Å². The molecule has 0 atom stereocenters. The van der Waals surface area contributed by atoms with Crippen molar-refractivity contribution in [1.29, 1.82) is 0 Å². The monoisotopic (exact) mass is 378 g/mol. The first-order valence-electron chi connectivity index (χ1n) is 7.86. The van der Waals surface area contributed by atoms with Crippen LogP contribution in [0, 0.1) is 0 Å². The summed E-state index contributed by atoms with van der Waals surface area (Å²) >= 11 is 12.5. The third kappa shape index (κ3) is 4.56. The predicted molar refractivity (Wildman–Crippen MR) is 103 cm³/mol. The number of carbonyl (C=O) groups is 1. The SMILES string of the molecule is C=Cc1c(Cl)cc(-c2ccc(OC(C)(C)C(=O)OCC)cc2)cc1Cl. The van der Waals surface area contributed by atoms with Crippen LogP contribution < -0.4 is 4.74 Å². The summed E-state index contributed by atoms with van der Waals surface area (Å²) in [7, 11) is 0. The van der Waals surface area contributed by atoms with Gasteiger partial charge in [0, 0.05) is 15.6 Å². The molecule has 0 amide bonds. The lowest BCUT2D eigenvalue weighted by atomic mass is 10.0. The highest BCUT2D eigenvalue weighted by molar-refractivity contribution is 6.37. The van der Waals surface area contributed by atoms with Crippen molar-refractivity contribution in [2.24, 2.45) is 0 Å². The highest BCUT2D eigenvalue weighted by atomic mass is 35.5. The molecule has 2 rings (SSSR count). The summed E-state index contributed by atoms with van der Waals surface area (Å²) in [6.07, 6.45) is 1.63. The Balaban J connectivity index is 2.23. The number of carbonyl (C=O) groups excluding carboxylic acids is 1. The Kier molecular flexibility index (Phi) is 6.15. The average molecular weight is 379 g/mol. The van der Waals surface area contributed by atoms with Gasteiger partial charge in [-0.15, -0.1) is 0 Å². The van der Waals surface area contributed by atoms with Gasteiger partial charge in [-0.1, -0.05) is 48.0 Å². The van der Waals surface area contributed by atoms with Gasteiger partial charge in [-0.05, 0) is 56.2 Å². The molecule has 0 saturated heterocycles. The normalized spacial score (nSPS) is 11.1. The summed E-state index contributed by atoms with van der Waals surface area (Å²) < 4.78 is 10.8. The Morgan fingerprint density at radius 1 is 1.12 bits per heavy atom. The maximum absolute atomic E-state index is 11.9. The first-order valence-corrected chi connectivity index (χ1v) is 8.62. The van der Waals surface area contributed by atoms with E-state index >= 15 is 0 Å². The van der Waals surface area contributed by atoms with Gasteiger partial charge in [0.05, 0.1) is 6.61 Å². The second-order valence-corrected chi connectivity index (χ2v) is 6.73. The van der Waals surface area contributed by atoms with Crippen LogP contribution in [0.2, 0.25) is 10.0 Å². The van der Waals surface area contributed by atoms with E-state index in [9.17, 15) is 4.79 Å². The highest BCUT2D eigenvalue weighted by Gasteiger charge is 2.31. The molecule has 2 aromatic rings. The van der Waals surface area contributed by atoms with E-state index in [4.69, 9.17) is 32.7 Å². The third-order valence-electron chi connectivity index (χ3n) is 3.61. The molecule has 0 fully saturated rings. The summed E-state index contributed by atoms with van der Waals surface area (Å²) in [6, 6.07) is 11.0. The average Bonchev–Trinajstić information content (AvgIpc) is 2.55. The van der Waals surface area contributed by atoms with Gasteiger partial charge in [-0.25, -0.2) is 4.79 Å². The lowest BCUT2D eigenvalue weighted by molar-refractivity contribution is -0.158. The van der Waals surface area contributed by atoms with Gasteiger partial charge in [0.15, 0.2) is 5.60 Å². The van der Waals surface area contributed by atoms with Crippen LogP contribution in [0.1, 0.15) is 26.3 Å². The first kappa shape index (κ1) is 19.4. The lowest BCUT2D eigenvalue weighted by Crippen LogP contribution is -2.39. The molecule has 0 saturated carbocycles. The Morgan fingerprint density at radius 2 is 1.68 bits per heavy atom. The highest BCUT2D eigenvalue weighted by Crippen LogP contribution is 2.33. The van der Waals surface area contributed by atoms with E-state index in [1.165, 1.54) is 0 Å². The minimum Gasteiger partial charge on any atom is -0.476 e. The van der Waals surface area contributed by atoms with Gasteiger partial charge in [0.25, 0.3) is 0 Å². The van der Waals surface area contributed by atoms with E-state index in [1.807, 2.05) is 24.3 Å². The molecule has 0 heterocycles. The standard InChI is InChI=1S/C20H20Cl2O3/c1-5-16-17(21)11-14(12-18(16)22)13-7-9-15(10-8-13)25-20(3,4)19(23)24-6-2/h5,7-12H,1,6H2,2-4H3.